The van der Waals surface area contributed by atoms with Gasteiger partial charge < -0.3 is 20.5 Å². The maximum Gasteiger partial charge on any atom is 0.269 e. The van der Waals surface area contributed by atoms with Crippen LogP contribution in [0.1, 0.15) is 95.3 Å². The molecule has 1 aromatic carbocycles. The van der Waals surface area contributed by atoms with Gasteiger partial charge in [0.15, 0.2) is 5.78 Å². The summed E-state index contributed by atoms with van der Waals surface area (Å²) in [6.45, 7) is 5.87. The Hall–Kier alpha value is -4.06. The second kappa shape index (κ2) is 16.0. The summed E-state index contributed by atoms with van der Waals surface area (Å²) in [7, 11) is 1.20. The number of hydrogen-bond acceptors (Lipinski definition) is 7. The van der Waals surface area contributed by atoms with Gasteiger partial charge in [-0.05, 0) is 44.1 Å². The van der Waals surface area contributed by atoms with Crippen LogP contribution in [0.4, 0.5) is 0 Å². The molecule has 0 aliphatic carbocycles. The monoisotopic (exact) mass is 637 g/mol. The first-order valence-electron chi connectivity index (χ1n) is 16.5. The molecule has 2 aromatic rings. The predicted molar refractivity (Wildman–Crippen MR) is 171 cm³/mol. The van der Waals surface area contributed by atoms with Gasteiger partial charge in [0.25, 0.3) is 11.8 Å². The van der Waals surface area contributed by atoms with Crippen molar-refractivity contribution in [1.29, 1.82) is 0 Å². The van der Waals surface area contributed by atoms with Gasteiger partial charge in [0.1, 0.15) is 23.9 Å². The van der Waals surface area contributed by atoms with E-state index in [0.717, 1.165) is 11.5 Å². The zero-order valence-corrected chi connectivity index (χ0v) is 27.3. The average Bonchev–Trinajstić information content (AvgIpc) is 3.51. The maximum absolute atomic E-state index is 14.3. The van der Waals surface area contributed by atoms with Crippen LogP contribution in [0.3, 0.4) is 0 Å². The molecule has 5 atom stereocenters. The van der Waals surface area contributed by atoms with E-state index in [1.807, 2.05) is 26.8 Å². The predicted octanol–water partition coefficient (Wildman–Crippen LogP) is 3.45. The van der Waals surface area contributed by atoms with Gasteiger partial charge in [-0.1, -0.05) is 58.2 Å². The van der Waals surface area contributed by atoms with Crippen LogP contribution in [-0.2, 0) is 28.8 Å². The molecule has 3 heterocycles. The van der Waals surface area contributed by atoms with Gasteiger partial charge in [-0.2, -0.15) is 5.06 Å². The Morgan fingerprint density at radius 1 is 0.978 bits per heavy atom. The summed E-state index contributed by atoms with van der Waals surface area (Å²) in [4.78, 5) is 92.5. The van der Waals surface area contributed by atoms with Crippen LogP contribution < -0.4 is 10.6 Å². The Morgan fingerprint density at radius 3 is 2.46 bits per heavy atom. The number of Topliss-reactive ketones (excluding diaryl/α,β-unsaturated/α-hetero) is 2. The van der Waals surface area contributed by atoms with Crippen molar-refractivity contribution in [3.63, 3.8) is 0 Å². The van der Waals surface area contributed by atoms with Crippen LogP contribution in [0.5, 0.6) is 0 Å². The fourth-order valence-corrected chi connectivity index (χ4v) is 6.34. The Balaban J connectivity index is 1.76. The van der Waals surface area contributed by atoms with Crippen molar-refractivity contribution < 1.29 is 33.6 Å². The summed E-state index contributed by atoms with van der Waals surface area (Å²) in [5.74, 6) is -3.32. The SMILES string of the molecule is CCC(=O)CCCCC[C@@H]1NC(=O)[C@H]2CCCCN2C(=O)[C@H](C(C)CC)NC(=O)C(C(=O)c2c[nH]c3ccccc23)N(OC)C1=O. The first-order chi connectivity index (χ1) is 22.1. The van der Waals surface area contributed by atoms with Crippen LogP contribution in [0.2, 0.25) is 0 Å². The number of H-pyrrole nitrogens is 1. The van der Waals surface area contributed by atoms with Crippen molar-refractivity contribution in [2.75, 3.05) is 13.7 Å². The van der Waals surface area contributed by atoms with Crippen molar-refractivity contribution >= 4 is 46.1 Å². The number of carbonyl (C=O) groups is 6. The minimum Gasteiger partial charge on any atom is -0.360 e. The molecule has 4 amide bonds. The van der Waals surface area contributed by atoms with Gasteiger partial charge in [0, 0.05) is 42.0 Å². The third kappa shape index (κ3) is 7.66. The second-order valence-corrected chi connectivity index (χ2v) is 12.3. The molecule has 2 aliphatic heterocycles. The molecule has 0 saturated carbocycles. The van der Waals surface area contributed by atoms with Crippen molar-refractivity contribution in [2.24, 2.45) is 5.92 Å². The molecule has 2 saturated heterocycles. The number of amides is 4. The lowest BCUT2D eigenvalue weighted by atomic mass is 9.93. The zero-order chi connectivity index (χ0) is 33.4. The molecular weight excluding hydrogens is 590 g/mol. The normalized spacial score (nSPS) is 23.7. The van der Waals surface area contributed by atoms with E-state index in [2.05, 4.69) is 15.6 Å². The molecule has 4 rings (SSSR count). The number of hydroxylamine groups is 2. The van der Waals surface area contributed by atoms with E-state index in [-0.39, 0.29) is 23.7 Å². The molecule has 1 aromatic heterocycles. The van der Waals surface area contributed by atoms with E-state index >= 15 is 0 Å². The summed E-state index contributed by atoms with van der Waals surface area (Å²) in [6.07, 6.45) is 6.76. The third-order valence-corrected chi connectivity index (χ3v) is 9.32. The number of aromatic nitrogens is 1. The highest BCUT2D eigenvalue weighted by Gasteiger charge is 2.45. The smallest absolute Gasteiger partial charge is 0.269 e. The van der Waals surface area contributed by atoms with E-state index in [1.54, 1.807) is 18.2 Å². The van der Waals surface area contributed by atoms with Crippen LogP contribution in [-0.4, -0.2) is 88.0 Å². The number of nitrogens with one attached hydrogen (secondary N) is 3. The molecule has 0 radical (unpaired) electrons. The highest BCUT2D eigenvalue weighted by molar-refractivity contribution is 6.20. The number of ketones is 2. The summed E-state index contributed by atoms with van der Waals surface area (Å²) in [5.41, 5.74) is 0.853. The fourth-order valence-electron chi connectivity index (χ4n) is 6.34. The topological polar surface area (TPSA) is 158 Å². The van der Waals surface area contributed by atoms with Gasteiger partial charge in [-0.3, -0.25) is 33.6 Å². The molecule has 2 fully saturated rings. The van der Waals surface area contributed by atoms with Crippen molar-refractivity contribution in [3.05, 3.63) is 36.0 Å². The Bertz CT molecular complexity index is 1440. The van der Waals surface area contributed by atoms with E-state index in [0.29, 0.717) is 68.8 Å². The largest absolute Gasteiger partial charge is 0.360 e. The summed E-state index contributed by atoms with van der Waals surface area (Å²) in [6, 6.07) is 2.35. The molecular formula is C34H47N5O7. The molecule has 12 nitrogen and oxygen atoms in total. The molecule has 250 valence electrons. The third-order valence-electron chi connectivity index (χ3n) is 9.32. The maximum atomic E-state index is 14.3. The summed E-state index contributed by atoms with van der Waals surface area (Å²) in [5, 5.41) is 6.96. The van der Waals surface area contributed by atoms with Crippen molar-refractivity contribution in [3.8, 4) is 0 Å². The lowest BCUT2D eigenvalue weighted by Crippen LogP contribution is -2.65. The number of carbonyl (C=O) groups excluding carboxylic acids is 6. The molecule has 3 N–H and O–H groups in total. The average molecular weight is 638 g/mol. The first kappa shape index (κ1) is 34.8. The minimum atomic E-state index is -1.78. The van der Waals surface area contributed by atoms with Crippen molar-refractivity contribution in [2.45, 2.75) is 109 Å². The highest BCUT2D eigenvalue weighted by atomic mass is 16.7. The fraction of sp³-hybridized carbons (Fsp3) is 0.588. The number of rotatable bonds is 12. The van der Waals surface area contributed by atoms with Crippen LogP contribution in [0.25, 0.3) is 10.9 Å². The van der Waals surface area contributed by atoms with E-state index in [9.17, 15) is 28.8 Å². The summed E-state index contributed by atoms with van der Waals surface area (Å²) < 4.78 is 0. The van der Waals surface area contributed by atoms with E-state index in [4.69, 9.17) is 4.84 Å². The van der Waals surface area contributed by atoms with Gasteiger partial charge in [0.05, 0.1) is 7.11 Å². The molecule has 2 unspecified atom stereocenters. The number of benzene rings is 1. The molecule has 2 aliphatic rings. The summed E-state index contributed by atoms with van der Waals surface area (Å²) >= 11 is 0. The molecule has 12 heteroatoms. The molecule has 0 bridgehead atoms. The standard InChI is InChI=1S/C34H47N5O7/c1-5-21(3)28-34(45)38-19-13-12-18-27(38)31(42)36-26(17-9-7-8-14-22(40)6-2)33(44)39(46-4)29(32(43)37-28)30(41)24-20-35-25-16-11-10-15-23(24)25/h10-11,15-16,20-21,26-29,35H,5-9,12-14,17-19H2,1-4H3,(H,36,42)(H,37,43)/t21?,26-,27+,28-,29?/m0/s1. The van der Waals surface area contributed by atoms with Crippen LogP contribution in [0.15, 0.2) is 30.5 Å². The van der Waals surface area contributed by atoms with E-state index in [1.165, 1.54) is 18.2 Å². The van der Waals surface area contributed by atoms with Gasteiger partial charge in [-0.15, -0.1) is 0 Å². The lowest BCUT2D eigenvalue weighted by molar-refractivity contribution is -0.189. The number of hydrogen-bond donors (Lipinski definition) is 3. The Labute approximate surface area is 269 Å². The molecule has 0 spiro atoms. The van der Waals surface area contributed by atoms with Crippen LogP contribution in [0, 0.1) is 5.92 Å². The van der Waals surface area contributed by atoms with Crippen LogP contribution >= 0.6 is 0 Å². The Morgan fingerprint density at radius 2 is 1.74 bits per heavy atom. The Kier molecular flexibility index (Phi) is 12.1. The number of unbranched alkanes of at least 4 members (excludes halogenated alkanes) is 2. The van der Waals surface area contributed by atoms with Gasteiger partial charge >= 0.3 is 0 Å². The number of aromatic amines is 1. The second-order valence-electron chi connectivity index (χ2n) is 12.3. The van der Waals surface area contributed by atoms with E-state index < -0.39 is 53.6 Å². The number of fused-ring (bicyclic) bond motifs is 2. The zero-order valence-electron chi connectivity index (χ0n) is 27.3. The van der Waals surface area contributed by atoms with Crippen molar-refractivity contribution in [1.82, 2.24) is 25.6 Å². The lowest BCUT2D eigenvalue weighted by Gasteiger charge is -2.40. The molecule has 46 heavy (non-hydrogen) atoms. The first-order valence-corrected chi connectivity index (χ1v) is 16.5. The number of para-hydroxylation sites is 1. The number of piperidine rings is 1. The quantitative estimate of drug-likeness (QED) is 0.183. The highest BCUT2D eigenvalue weighted by Crippen LogP contribution is 2.25. The van der Waals surface area contributed by atoms with Gasteiger partial charge in [0.2, 0.25) is 17.9 Å². The number of nitrogens with zero attached hydrogens (tertiary/aromatic N) is 2. The minimum absolute atomic E-state index is 0.156. The van der Waals surface area contributed by atoms with Gasteiger partial charge in [-0.25, -0.2) is 0 Å².